The van der Waals surface area contributed by atoms with Gasteiger partial charge in [-0.1, -0.05) is 48.0 Å². The lowest BCUT2D eigenvalue weighted by atomic mass is 9.95. The van der Waals surface area contributed by atoms with Gasteiger partial charge >= 0.3 is 5.97 Å². The van der Waals surface area contributed by atoms with E-state index < -0.39 is 5.97 Å². The van der Waals surface area contributed by atoms with Gasteiger partial charge in [0.05, 0.1) is 26.2 Å². The Balaban J connectivity index is 1.62. The highest BCUT2D eigenvalue weighted by Gasteiger charge is 2.24. The summed E-state index contributed by atoms with van der Waals surface area (Å²) in [5.74, 6) is -0.206. The summed E-state index contributed by atoms with van der Waals surface area (Å²) in [6.07, 6.45) is 3.71. The van der Waals surface area contributed by atoms with Crippen LogP contribution in [0, 0.1) is 0 Å². The largest absolute Gasteiger partial charge is 0.493 e. The first-order chi connectivity index (χ1) is 18.0. The van der Waals surface area contributed by atoms with Gasteiger partial charge in [0.15, 0.2) is 0 Å². The van der Waals surface area contributed by atoms with E-state index in [0.29, 0.717) is 22.9 Å². The van der Waals surface area contributed by atoms with Crippen molar-refractivity contribution in [3.8, 4) is 5.75 Å². The van der Waals surface area contributed by atoms with Crippen LogP contribution in [-0.2, 0) is 16.0 Å². The Kier molecular flexibility index (Phi) is 9.07. The van der Waals surface area contributed by atoms with Gasteiger partial charge in [0, 0.05) is 29.4 Å². The number of ether oxygens (including phenoxy) is 2. The molecule has 1 unspecified atom stereocenters. The van der Waals surface area contributed by atoms with Crippen molar-refractivity contribution in [3.05, 3.63) is 94.0 Å². The molecule has 0 bridgehead atoms. The minimum absolute atomic E-state index is 0.136. The summed E-state index contributed by atoms with van der Waals surface area (Å²) in [4.78, 5) is 27.9. The van der Waals surface area contributed by atoms with Crippen molar-refractivity contribution in [2.24, 2.45) is 0 Å². The number of esters is 1. The second-order valence-corrected chi connectivity index (χ2v) is 9.53. The number of nitrogens with one attached hydrogen (secondary N) is 1. The van der Waals surface area contributed by atoms with Crippen molar-refractivity contribution >= 4 is 29.2 Å². The normalized spacial score (nSPS) is 14.1. The van der Waals surface area contributed by atoms with Crippen LogP contribution in [0.3, 0.4) is 0 Å². The van der Waals surface area contributed by atoms with Crippen molar-refractivity contribution < 1.29 is 19.1 Å². The van der Waals surface area contributed by atoms with Crippen LogP contribution in [0.15, 0.2) is 66.7 Å². The maximum atomic E-state index is 13.4. The molecule has 1 aliphatic rings. The smallest absolute Gasteiger partial charge is 0.341 e. The Morgan fingerprint density at radius 2 is 1.73 bits per heavy atom. The molecule has 7 heteroatoms. The third-order valence-electron chi connectivity index (χ3n) is 6.57. The summed E-state index contributed by atoms with van der Waals surface area (Å²) in [6.45, 7) is 4.25. The van der Waals surface area contributed by atoms with Crippen LogP contribution in [0.25, 0.3) is 0 Å². The number of benzene rings is 3. The summed E-state index contributed by atoms with van der Waals surface area (Å²) in [5.41, 5.74) is 4.23. The lowest BCUT2D eigenvalue weighted by molar-refractivity contribution is -0.120. The van der Waals surface area contributed by atoms with Crippen LogP contribution < -0.4 is 15.0 Å². The number of piperidine rings is 1. The molecule has 6 nitrogen and oxygen atoms in total. The fourth-order valence-corrected chi connectivity index (χ4v) is 4.90. The Morgan fingerprint density at radius 1 is 1.00 bits per heavy atom. The van der Waals surface area contributed by atoms with Crippen LogP contribution in [-0.4, -0.2) is 38.7 Å². The molecular weight excluding hydrogens is 488 g/mol. The fourth-order valence-electron chi connectivity index (χ4n) is 4.78. The Hall–Kier alpha value is -3.51. The molecule has 1 atom stereocenters. The average molecular weight is 521 g/mol. The number of para-hydroxylation sites is 1. The third-order valence-corrected chi connectivity index (χ3v) is 6.82. The fraction of sp³-hybridized carbons (Fsp3) is 0.333. The number of amides is 1. The quantitative estimate of drug-likeness (QED) is 0.352. The molecule has 3 aromatic carbocycles. The van der Waals surface area contributed by atoms with Gasteiger partial charge in [0.1, 0.15) is 11.3 Å². The molecule has 1 saturated heterocycles. The first-order valence-corrected chi connectivity index (χ1v) is 13.1. The molecule has 1 heterocycles. The van der Waals surface area contributed by atoms with Crippen LogP contribution in [0.2, 0.25) is 5.02 Å². The van der Waals surface area contributed by atoms with E-state index >= 15 is 0 Å². The van der Waals surface area contributed by atoms with Gasteiger partial charge in [-0.3, -0.25) is 4.79 Å². The second-order valence-electron chi connectivity index (χ2n) is 9.09. The molecular formula is C30H33ClN2O4. The number of hydrogen-bond acceptors (Lipinski definition) is 5. The predicted octanol–water partition coefficient (Wildman–Crippen LogP) is 5.96. The first kappa shape index (κ1) is 26.6. The molecule has 3 aromatic rings. The minimum Gasteiger partial charge on any atom is -0.493 e. The Morgan fingerprint density at radius 3 is 2.43 bits per heavy atom. The average Bonchev–Trinajstić information content (AvgIpc) is 2.93. The zero-order valence-corrected chi connectivity index (χ0v) is 22.1. The number of carbonyl (C=O) groups excluding carboxylic acids is 2. The zero-order chi connectivity index (χ0) is 26.2. The van der Waals surface area contributed by atoms with E-state index in [1.54, 1.807) is 18.2 Å². The van der Waals surface area contributed by atoms with Crippen molar-refractivity contribution in [2.75, 3.05) is 31.7 Å². The highest BCUT2D eigenvalue weighted by Crippen LogP contribution is 2.33. The first-order valence-electron chi connectivity index (χ1n) is 12.7. The molecule has 1 N–H and O–H groups in total. The van der Waals surface area contributed by atoms with Crippen LogP contribution in [0.1, 0.15) is 59.3 Å². The molecule has 194 valence electrons. The summed E-state index contributed by atoms with van der Waals surface area (Å²) in [5, 5.41) is 3.90. The minimum atomic E-state index is -0.475. The van der Waals surface area contributed by atoms with Crippen molar-refractivity contribution in [2.45, 2.75) is 38.6 Å². The number of rotatable bonds is 9. The highest BCUT2D eigenvalue weighted by atomic mass is 35.5. The van der Waals surface area contributed by atoms with Gasteiger partial charge in [-0.25, -0.2) is 4.79 Å². The van der Waals surface area contributed by atoms with Gasteiger partial charge in [0.2, 0.25) is 5.91 Å². The van der Waals surface area contributed by atoms with E-state index in [0.717, 1.165) is 48.3 Å². The van der Waals surface area contributed by atoms with Crippen LogP contribution >= 0.6 is 11.6 Å². The molecule has 1 amide bonds. The number of carbonyl (C=O) groups is 2. The van der Waals surface area contributed by atoms with Crippen molar-refractivity contribution in [1.29, 1.82) is 0 Å². The number of hydrogen-bond donors (Lipinski definition) is 1. The molecule has 0 aromatic heterocycles. The van der Waals surface area contributed by atoms with Crippen LogP contribution in [0.5, 0.6) is 5.75 Å². The van der Waals surface area contributed by atoms with E-state index in [-0.39, 0.29) is 18.4 Å². The number of nitrogens with zero attached hydrogens (tertiary/aromatic N) is 1. The van der Waals surface area contributed by atoms with E-state index in [2.05, 4.69) is 22.3 Å². The van der Waals surface area contributed by atoms with Gasteiger partial charge in [-0.2, -0.15) is 0 Å². The molecule has 0 aliphatic carbocycles. The molecule has 37 heavy (non-hydrogen) atoms. The number of halogens is 1. The number of methoxy groups -OCH3 is 1. The lowest BCUT2D eigenvalue weighted by Gasteiger charge is -2.33. The van der Waals surface area contributed by atoms with E-state index in [4.69, 9.17) is 21.1 Å². The monoisotopic (exact) mass is 520 g/mol. The SMILES string of the molecule is CCOc1cc(CC(=O)NC(c2ccc(Cl)cc2)c2ccccc2N2CCCCC2)ccc1C(=O)OC. The van der Waals surface area contributed by atoms with E-state index in [1.165, 1.54) is 13.5 Å². The number of anilines is 1. The molecule has 0 radical (unpaired) electrons. The van der Waals surface area contributed by atoms with Gasteiger partial charge in [0.25, 0.3) is 0 Å². The predicted molar refractivity (Wildman–Crippen MR) is 147 cm³/mol. The van der Waals surface area contributed by atoms with Crippen LogP contribution in [0.4, 0.5) is 5.69 Å². The highest BCUT2D eigenvalue weighted by molar-refractivity contribution is 6.30. The van der Waals surface area contributed by atoms with Gasteiger partial charge < -0.3 is 19.7 Å². The van der Waals surface area contributed by atoms with E-state index in [9.17, 15) is 9.59 Å². The Bertz CT molecular complexity index is 1220. The van der Waals surface area contributed by atoms with Gasteiger partial charge in [-0.05, 0) is 67.6 Å². The third kappa shape index (κ3) is 6.63. The summed E-state index contributed by atoms with van der Waals surface area (Å²) in [6, 6.07) is 20.7. The maximum absolute atomic E-state index is 13.4. The molecule has 0 saturated carbocycles. The molecule has 0 spiro atoms. The molecule has 4 rings (SSSR count). The van der Waals surface area contributed by atoms with Gasteiger partial charge in [-0.15, -0.1) is 0 Å². The lowest BCUT2D eigenvalue weighted by Crippen LogP contribution is -2.34. The van der Waals surface area contributed by atoms with Crippen molar-refractivity contribution in [1.82, 2.24) is 5.32 Å². The van der Waals surface area contributed by atoms with Crippen molar-refractivity contribution in [3.63, 3.8) is 0 Å². The molecule has 1 fully saturated rings. The standard InChI is InChI=1S/C30H33ClN2O4/c1-3-37-27-19-21(11-16-25(27)30(35)36-2)20-28(34)32-29(22-12-14-23(31)15-13-22)24-9-5-6-10-26(24)33-17-7-4-8-18-33/h5-6,9-16,19,29H,3-4,7-8,17-18,20H2,1-2H3,(H,32,34). The summed E-state index contributed by atoms with van der Waals surface area (Å²) < 4.78 is 10.5. The van der Waals surface area contributed by atoms with E-state index in [1.807, 2.05) is 43.3 Å². The maximum Gasteiger partial charge on any atom is 0.341 e. The second kappa shape index (κ2) is 12.6. The zero-order valence-electron chi connectivity index (χ0n) is 21.3. The topological polar surface area (TPSA) is 67.9 Å². The summed E-state index contributed by atoms with van der Waals surface area (Å²) >= 11 is 6.17. The summed E-state index contributed by atoms with van der Waals surface area (Å²) in [7, 11) is 1.33. The Labute approximate surface area is 223 Å². The molecule has 1 aliphatic heterocycles.